The Morgan fingerprint density at radius 3 is 1.00 bits per heavy atom. The number of ether oxygens (including phenoxy) is 2. The van der Waals surface area contributed by atoms with Crippen LogP contribution in [0.15, 0.2) is 0 Å². The maximum absolute atomic E-state index is 10.7. The number of esters is 2. The molecule has 0 radical (unpaired) electrons. The van der Waals surface area contributed by atoms with Gasteiger partial charge in [-0.25, -0.2) is 9.59 Å². The van der Waals surface area contributed by atoms with E-state index in [1.807, 2.05) is 0 Å². The third kappa shape index (κ3) is 23.5. The molecule has 4 atom stereocenters. The van der Waals surface area contributed by atoms with Crippen LogP contribution < -0.4 is 20.4 Å². The van der Waals surface area contributed by atoms with Gasteiger partial charge in [-0.1, -0.05) is 0 Å². The first-order valence-corrected chi connectivity index (χ1v) is 7.27. The Labute approximate surface area is 265 Å². The first-order valence-electron chi connectivity index (χ1n) is 7.27. The van der Waals surface area contributed by atoms with Gasteiger partial charge >= 0.3 is 125 Å². The summed E-state index contributed by atoms with van der Waals surface area (Å²) in [5.74, 6) is -9.58. The summed E-state index contributed by atoms with van der Waals surface area (Å²) in [5, 5.41) is 57.8. The van der Waals surface area contributed by atoms with Crippen molar-refractivity contribution in [3.8, 4) is 0 Å². The van der Waals surface area contributed by atoms with Crippen molar-refractivity contribution in [2.45, 2.75) is 51.1 Å². The first kappa shape index (κ1) is 41.7. The monoisotopic (exact) mass is 528 g/mol. The molecule has 31 heavy (non-hydrogen) atoms. The first-order chi connectivity index (χ1) is 12.7. The Morgan fingerprint density at radius 1 is 0.645 bits per heavy atom. The summed E-state index contributed by atoms with van der Waals surface area (Å²) in [6.45, 7) is 2.10. The van der Waals surface area contributed by atoms with Gasteiger partial charge in [0.15, 0.2) is 0 Å². The van der Waals surface area contributed by atoms with Crippen molar-refractivity contribution in [3.05, 3.63) is 0 Å². The Kier molecular flexibility index (Phi) is 30.1. The van der Waals surface area contributed by atoms with Crippen LogP contribution in [0.3, 0.4) is 0 Å². The smallest absolute Gasteiger partial charge is 0.550 e. The van der Waals surface area contributed by atoms with Gasteiger partial charge < -0.3 is 59.3 Å². The summed E-state index contributed by atoms with van der Waals surface area (Å²) in [6.07, 6.45) is -8.97. The topological polar surface area (TPSA) is 254 Å². The molecule has 0 spiro atoms. The Bertz CT molecular complexity index is 555. The van der Waals surface area contributed by atoms with E-state index in [0.29, 0.717) is 0 Å². The zero-order valence-corrected chi connectivity index (χ0v) is 23.3. The van der Waals surface area contributed by atoms with E-state index in [2.05, 4.69) is 9.47 Å². The van der Waals surface area contributed by atoms with E-state index in [-0.39, 0.29) is 113 Å². The maximum atomic E-state index is 10.7. The molecular formula is C14H16Ca3O14+2. The molecule has 0 rings (SSSR count). The SMILES string of the molecule is CC(O)C(=O)OC(CC(=O)[O-])C(=O)[O-].CC(O)C(=O)OC(CC(=O)[O-])C(=O)[O-].[Ca+2].[Ca+2].[Ca+2]. The van der Waals surface area contributed by atoms with Crippen LogP contribution >= 0.6 is 0 Å². The molecule has 2 N–H and O–H groups in total. The number of aliphatic hydroxyl groups excluding tert-OH is 2. The van der Waals surface area contributed by atoms with Crippen LogP contribution in [0.4, 0.5) is 0 Å². The van der Waals surface area contributed by atoms with Crippen LogP contribution in [0.1, 0.15) is 26.7 Å². The zero-order chi connectivity index (χ0) is 22.6. The molecule has 17 heteroatoms. The van der Waals surface area contributed by atoms with Crippen molar-refractivity contribution in [1.82, 2.24) is 0 Å². The third-order valence-corrected chi connectivity index (χ3v) is 2.43. The minimum absolute atomic E-state index is 0. The molecular weight excluding hydrogens is 512 g/mol. The fourth-order valence-electron chi connectivity index (χ4n) is 1.13. The van der Waals surface area contributed by atoms with Crippen LogP contribution in [-0.2, 0) is 38.2 Å². The maximum Gasteiger partial charge on any atom is 2.00 e. The molecule has 14 nitrogen and oxygen atoms in total. The molecule has 0 aromatic carbocycles. The molecule has 0 fully saturated rings. The van der Waals surface area contributed by atoms with Gasteiger partial charge in [0.25, 0.3) is 0 Å². The predicted octanol–water partition coefficient (Wildman–Crippen LogP) is -8.80. The number of carboxylic acids is 4. The van der Waals surface area contributed by atoms with Crippen LogP contribution in [0, 0.1) is 0 Å². The van der Waals surface area contributed by atoms with E-state index in [1.54, 1.807) is 0 Å². The van der Waals surface area contributed by atoms with E-state index in [1.165, 1.54) is 0 Å². The van der Waals surface area contributed by atoms with Gasteiger partial charge in [0.2, 0.25) is 0 Å². The number of aliphatic carboxylic acids is 4. The number of hydrogen-bond donors (Lipinski definition) is 2. The van der Waals surface area contributed by atoms with Gasteiger partial charge in [0, 0.05) is 24.8 Å². The number of carbonyl (C=O) groups is 6. The molecule has 0 aliphatic carbocycles. The average Bonchev–Trinajstić information content (AvgIpc) is 2.52. The molecule has 0 aliphatic heterocycles. The molecule has 0 saturated carbocycles. The minimum Gasteiger partial charge on any atom is -0.550 e. The van der Waals surface area contributed by atoms with E-state index in [4.69, 9.17) is 10.2 Å². The van der Waals surface area contributed by atoms with Crippen LogP contribution in [0.5, 0.6) is 0 Å². The summed E-state index contributed by atoms with van der Waals surface area (Å²) in [4.78, 5) is 61.8. The third-order valence-electron chi connectivity index (χ3n) is 2.43. The fraction of sp³-hybridized carbons (Fsp3) is 0.571. The van der Waals surface area contributed by atoms with E-state index in [0.717, 1.165) is 13.8 Å². The number of carbonyl (C=O) groups excluding carboxylic acids is 6. The molecule has 0 heterocycles. The minimum atomic E-state index is -1.94. The van der Waals surface area contributed by atoms with Gasteiger partial charge in [0.1, 0.15) is 24.4 Å². The molecule has 0 aromatic heterocycles. The van der Waals surface area contributed by atoms with Gasteiger partial charge in [-0.05, 0) is 13.8 Å². The Morgan fingerprint density at radius 2 is 0.871 bits per heavy atom. The summed E-state index contributed by atoms with van der Waals surface area (Å²) in [5.41, 5.74) is 0. The molecule has 160 valence electrons. The second kappa shape index (κ2) is 22.3. The van der Waals surface area contributed by atoms with E-state index in [9.17, 15) is 49.2 Å². The molecule has 0 aliphatic rings. The Hall–Kier alpha value is 0.519. The molecule has 4 unspecified atom stereocenters. The van der Waals surface area contributed by atoms with Crippen LogP contribution in [-0.4, -0.2) is 184 Å². The van der Waals surface area contributed by atoms with Gasteiger partial charge in [-0.3, -0.25) is 0 Å². The fourth-order valence-corrected chi connectivity index (χ4v) is 1.13. The summed E-state index contributed by atoms with van der Waals surface area (Å²) in [7, 11) is 0. The summed E-state index contributed by atoms with van der Waals surface area (Å²) < 4.78 is 8.22. The van der Waals surface area contributed by atoms with Crippen molar-refractivity contribution < 1.29 is 68.9 Å². The van der Waals surface area contributed by atoms with E-state index >= 15 is 0 Å². The second-order valence-corrected chi connectivity index (χ2v) is 4.99. The zero-order valence-electron chi connectivity index (χ0n) is 16.6. The number of carboxylic acid groups (broad SMARTS) is 4. The van der Waals surface area contributed by atoms with Crippen LogP contribution in [0.2, 0.25) is 0 Å². The average molecular weight is 529 g/mol. The standard InChI is InChI=1S/2C7H10O7.3Ca/c2*1-3(8)7(13)14-4(6(11)12)2-5(9)10;;;/h2*3-4,8H,2H2,1H3,(H,9,10)(H,11,12);;;/q;;3*+2/p-4. The van der Waals surface area contributed by atoms with Crippen molar-refractivity contribution in [3.63, 3.8) is 0 Å². The number of rotatable bonds is 10. The quantitative estimate of drug-likeness (QED) is 0.197. The number of hydrogen-bond acceptors (Lipinski definition) is 14. The van der Waals surface area contributed by atoms with Crippen molar-refractivity contribution in [2.75, 3.05) is 0 Å². The normalized spacial score (nSPS) is 12.8. The Balaban J connectivity index is -0.000000133. The van der Waals surface area contributed by atoms with Crippen molar-refractivity contribution in [2.24, 2.45) is 0 Å². The largest absolute Gasteiger partial charge is 2.00 e. The molecule has 0 aromatic rings. The van der Waals surface area contributed by atoms with Crippen molar-refractivity contribution in [1.29, 1.82) is 0 Å². The summed E-state index contributed by atoms with van der Waals surface area (Å²) >= 11 is 0. The van der Waals surface area contributed by atoms with Crippen LogP contribution in [0.25, 0.3) is 0 Å². The van der Waals surface area contributed by atoms with E-state index < -0.39 is 73.1 Å². The molecule has 0 saturated heterocycles. The molecule has 0 amide bonds. The van der Waals surface area contributed by atoms with Gasteiger partial charge in [-0.15, -0.1) is 0 Å². The summed E-state index contributed by atoms with van der Waals surface area (Å²) in [6, 6.07) is 0. The van der Waals surface area contributed by atoms with Gasteiger partial charge in [-0.2, -0.15) is 0 Å². The predicted molar refractivity (Wildman–Crippen MR) is 89.6 cm³/mol. The second-order valence-electron chi connectivity index (χ2n) is 4.99. The number of aliphatic hydroxyl groups is 2. The molecule has 0 bridgehead atoms. The van der Waals surface area contributed by atoms with Gasteiger partial charge in [0.05, 0.1) is 11.9 Å². The van der Waals surface area contributed by atoms with Crippen molar-refractivity contribution >= 4 is 149 Å².